The van der Waals surface area contributed by atoms with Gasteiger partial charge in [-0.15, -0.1) is 0 Å². The number of benzene rings is 1. The second kappa shape index (κ2) is 9.33. The molecular weight excluding hydrogens is 363 g/mol. The summed E-state index contributed by atoms with van der Waals surface area (Å²) >= 11 is 6.85. The van der Waals surface area contributed by atoms with Crippen molar-refractivity contribution >= 4 is 29.4 Å². The molecule has 0 bridgehead atoms. The normalized spacial score (nSPS) is 14.5. The molecule has 0 aliphatic heterocycles. The number of nitrogens with zero attached hydrogens (tertiary/aromatic N) is 1. The summed E-state index contributed by atoms with van der Waals surface area (Å²) in [6.07, 6.45) is -2.33. The summed E-state index contributed by atoms with van der Waals surface area (Å²) in [6, 6.07) is 6.11. The number of hydrogen-bond acceptors (Lipinski definition) is 4. The first-order chi connectivity index (χ1) is 11.2. The van der Waals surface area contributed by atoms with Gasteiger partial charge >= 0.3 is 6.18 Å². The van der Waals surface area contributed by atoms with Crippen LogP contribution in [0.25, 0.3) is 6.08 Å². The highest BCUT2D eigenvalue weighted by Gasteiger charge is 2.51. The van der Waals surface area contributed by atoms with Crippen LogP contribution >= 0.6 is 23.4 Å². The van der Waals surface area contributed by atoms with Crippen LogP contribution in [-0.2, 0) is 4.74 Å². The van der Waals surface area contributed by atoms with E-state index < -0.39 is 17.5 Å². The molecule has 0 aliphatic carbocycles. The molecule has 0 spiro atoms. The largest absolute Gasteiger partial charge is 0.421 e. The number of halogens is 4. The van der Waals surface area contributed by atoms with Crippen molar-refractivity contribution in [3.8, 4) is 6.07 Å². The van der Waals surface area contributed by atoms with E-state index in [0.717, 1.165) is 17.8 Å². The summed E-state index contributed by atoms with van der Waals surface area (Å²) in [5.41, 5.74) is -2.34. The number of methoxy groups -OCH3 is 1. The topological polar surface area (TPSA) is 53.2 Å². The van der Waals surface area contributed by atoms with Gasteiger partial charge in [-0.25, -0.2) is 0 Å². The Hall–Kier alpha value is -1.20. The van der Waals surface area contributed by atoms with Crippen LogP contribution in [0.5, 0.6) is 0 Å². The molecule has 0 amide bonds. The fourth-order valence-corrected chi connectivity index (χ4v) is 2.99. The molecule has 24 heavy (non-hydrogen) atoms. The van der Waals surface area contributed by atoms with Gasteiger partial charge in [-0.2, -0.15) is 30.2 Å². The molecule has 0 aliphatic rings. The van der Waals surface area contributed by atoms with Gasteiger partial charge in [0.15, 0.2) is 5.60 Å². The highest BCUT2D eigenvalue weighted by Crippen LogP contribution is 2.35. The van der Waals surface area contributed by atoms with Crippen LogP contribution in [0.2, 0.25) is 5.02 Å². The fraction of sp³-hybridized carbons (Fsp3) is 0.438. The lowest BCUT2D eigenvalue weighted by Crippen LogP contribution is -2.45. The molecule has 0 fully saturated rings. The Balaban J connectivity index is 2.85. The van der Waals surface area contributed by atoms with Crippen molar-refractivity contribution in [1.82, 2.24) is 0 Å². The highest BCUT2D eigenvalue weighted by molar-refractivity contribution is 7.99. The number of thioether (sulfide) groups is 1. The zero-order valence-corrected chi connectivity index (χ0v) is 14.5. The van der Waals surface area contributed by atoms with Gasteiger partial charge in [-0.05, 0) is 35.9 Å². The van der Waals surface area contributed by atoms with E-state index in [9.17, 15) is 18.3 Å². The minimum atomic E-state index is -4.80. The Morgan fingerprint density at radius 1 is 1.42 bits per heavy atom. The molecular formula is C16H17ClF3NO2S. The monoisotopic (exact) mass is 379 g/mol. The summed E-state index contributed by atoms with van der Waals surface area (Å²) in [4.78, 5) is 0. The smallest absolute Gasteiger partial charge is 0.385 e. The molecule has 0 radical (unpaired) electrons. The van der Waals surface area contributed by atoms with Crippen molar-refractivity contribution in [2.75, 3.05) is 25.2 Å². The Morgan fingerprint density at radius 2 is 2.12 bits per heavy atom. The Morgan fingerprint density at radius 3 is 2.67 bits per heavy atom. The Labute approximate surface area is 148 Å². The number of rotatable bonds is 8. The summed E-state index contributed by atoms with van der Waals surface area (Å²) in [7, 11) is 1.52. The highest BCUT2D eigenvalue weighted by atomic mass is 35.5. The molecule has 1 rings (SSSR count). The number of ether oxygens (including phenoxy) is 1. The van der Waals surface area contributed by atoms with E-state index in [4.69, 9.17) is 21.6 Å². The first-order valence-corrected chi connectivity index (χ1v) is 8.51. The molecule has 0 saturated carbocycles. The molecule has 1 aromatic carbocycles. The third-order valence-corrected chi connectivity index (χ3v) is 4.65. The van der Waals surface area contributed by atoms with Crippen LogP contribution in [0.1, 0.15) is 17.5 Å². The van der Waals surface area contributed by atoms with Gasteiger partial charge < -0.3 is 9.84 Å². The molecule has 0 saturated heterocycles. The first-order valence-electron chi connectivity index (χ1n) is 6.98. The number of hydrogen-bond donors (Lipinski definition) is 1. The molecule has 132 valence electrons. The second-order valence-electron chi connectivity index (χ2n) is 5.01. The fourth-order valence-electron chi connectivity index (χ4n) is 1.72. The van der Waals surface area contributed by atoms with E-state index in [-0.39, 0.29) is 10.6 Å². The number of nitriles is 1. The van der Waals surface area contributed by atoms with E-state index in [0.29, 0.717) is 30.4 Å². The number of alkyl halides is 3. The van der Waals surface area contributed by atoms with Crippen LogP contribution in [0.15, 0.2) is 24.3 Å². The van der Waals surface area contributed by atoms with Gasteiger partial charge in [0.1, 0.15) is 6.07 Å². The molecule has 1 N–H and O–H groups in total. The standard InChI is InChI=1S/C16H17ClF3NO2S/c1-23-7-2-8-24-11-15(22,16(18,19)20)6-5-12-3-4-13(10-21)14(17)9-12/h3-6,9,22H,2,7-8,11H2,1H3. The minimum Gasteiger partial charge on any atom is -0.385 e. The van der Waals surface area contributed by atoms with E-state index in [1.165, 1.54) is 25.3 Å². The lowest BCUT2D eigenvalue weighted by Gasteiger charge is -2.27. The third kappa shape index (κ3) is 6.02. The summed E-state index contributed by atoms with van der Waals surface area (Å²) in [5, 5.41) is 18.9. The second-order valence-corrected chi connectivity index (χ2v) is 6.52. The summed E-state index contributed by atoms with van der Waals surface area (Å²) < 4.78 is 44.3. The van der Waals surface area contributed by atoms with Crippen molar-refractivity contribution in [3.63, 3.8) is 0 Å². The van der Waals surface area contributed by atoms with Crippen LogP contribution in [-0.4, -0.2) is 42.1 Å². The lowest BCUT2D eigenvalue weighted by atomic mass is 10.0. The molecule has 0 heterocycles. The molecule has 8 heteroatoms. The van der Waals surface area contributed by atoms with Gasteiger partial charge in [0.05, 0.1) is 10.6 Å². The maximum absolute atomic E-state index is 13.2. The van der Waals surface area contributed by atoms with Crippen LogP contribution in [0, 0.1) is 11.3 Å². The predicted molar refractivity (Wildman–Crippen MR) is 90.0 cm³/mol. The van der Waals surface area contributed by atoms with Crippen LogP contribution in [0.3, 0.4) is 0 Å². The van der Waals surface area contributed by atoms with Crippen LogP contribution in [0.4, 0.5) is 13.2 Å². The molecule has 0 aromatic heterocycles. The maximum Gasteiger partial charge on any atom is 0.421 e. The summed E-state index contributed by atoms with van der Waals surface area (Å²) in [6.45, 7) is 0.455. The Kier molecular flexibility index (Phi) is 8.10. The predicted octanol–water partition coefficient (Wildman–Crippen LogP) is 4.29. The van der Waals surface area contributed by atoms with Gasteiger partial charge in [-0.3, -0.25) is 0 Å². The zero-order chi connectivity index (χ0) is 18.2. The van der Waals surface area contributed by atoms with Crippen molar-refractivity contribution in [2.24, 2.45) is 0 Å². The first kappa shape index (κ1) is 20.8. The van der Waals surface area contributed by atoms with Gasteiger partial charge in [0.25, 0.3) is 0 Å². The third-order valence-electron chi connectivity index (χ3n) is 3.12. The van der Waals surface area contributed by atoms with E-state index in [1.54, 1.807) is 0 Å². The van der Waals surface area contributed by atoms with Crippen molar-refractivity contribution in [1.29, 1.82) is 5.26 Å². The molecule has 1 aromatic rings. The SMILES string of the molecule is COCCCSCC(O)(C=Cc1ccc(C#N)c(Cl)c1)C(F)(F)F. The average Bonchev–Trinajstić information content (AvgIpc) is 2.52. The molecule has 1 unspecified atom stereocenters. The van der Waals surface area contributed by atoms with E-state index >= 15 is 0 Å². The minimum absolute atomic E-state index is 0.143. The van der Waals surface area contributed by atoms with E-state index in [1.807, 2.05) is 6.07 Å². The van der Waals surface area contributed by atoms with Crippen molar-refractivity contribution in [3.05, 3.63) is 40.4 Å². The zero-order valence-electron chi connectivity index (χ0n) is 12.9. The Bertz CT molecular complexity index is 616. The van der Waals surface area contributed by atoms with Gasteiger partial charge in [0, 0.05) is 19.5 Å². The average molecular weight is 380 g/mol. The van der Waals surface area contributed by atoms with E-state index in [2.05, 4.69) is 0 Å². The molecule has 1 atom stereocenters. The van der Waals surface area contributed by atoms with Crippen molar-refractivity contribution < 1.29 is 23.0 Å². The summed E-state index contributed by atoms with van der Waals surface area (Å²) in [5.74, 6) is -0.0660. The maximum atomic E-state index is 13.2. The van der Waals surface area contributed by atoms with Gasteiger partial charge in [-0.1, -0.05) is 23.7 Å². The molecule has 3 nitrogen and oxygen atoms in total. The van der Waals surface area contributed by atoms with Crippen LogP contribution < -0.4 is 0 Å². The lowest BCUT2D eigenvalue weighted by molar-refractivity contribution is -0.230. The quantitative estimate of drug-likeness (QED) is 0.685. The van der Waals surface area contributed by atoms with Gasteiger partial charge in [0.2, 0.25) is 0 Å². The van der Waals surface area contributed by atoms with Crippen molar-refractivity contribution in [2.45, 2.75) is 18.2 Å². The number of aliphatic hydroxyl groups is 1.